The number of aliphatic hydroxyl groups is 1. The summed E-state index contributed by atoms with van der Waals surface area (Å²) in [6.07, 6.45) is 3.75. The third kappa shape index (κ3) is 3.39. The molecule has 0 aliphatic carbocycles. The van der Waals surface area contributed by atoms with Crippen LogP contribution in [-0.4, -0.2) is 33.7 Å². The van der Waals surface area contributed by atoms with E-state index in [4.69, 9.17) is 5.84 Å². The maximum atomic E-state index is 10.0. The van der Waals surface area contributed by atoms with Crippen molar-refractivity contribution in [1.29, 1.82) is 0 Å². The average molecular weight is 236 g/mol. The summed E-state index contributed by atoms with van der Waals surface area (Å²) in [5, 5.41) is 10.0. The number of piperidine rings is 1. The van der Waals surface area contributed by atoms with Crippen LogP contribution >= 0.6 is 0 Å². The van der Waals surface area contributed by atoms with Crippen LogP contribution in [0, 0.1) is 0 Å². The first-order valence-electron chi connectivity index (χ1n) is 5.95. The van der Waals surface area contributed by atoms with E-state index in [2.05, 4.69) is 15.3 Å². The van der Waals surface area contributed by atoms with Crippen molar-refractivity contribution in [2.75, 3.05) is 18.5 Å². The summed E-state index contributed by atoms with van der Waals surface area (Å²) in [4.78, 5) is 6.43. The average Bonchev–Trinajstić information content (AvgIpc) is 2.29. The minimum absolute atomic E-state index is 0.551. The van der Waals surface area contributed by atoms with Gasteiger partial charge in [0, 0.05) is 19.3 Å². The summed E-state index contributed by atoms with van der Waals surface area (Å²) in [5.74, 6) is 5.93. The largest absolute Gasteiger partial charge is 0.389 e. The number of likely N-dealkylation sites (tertiary alicyclic amines) is 1. The number of pyridine rings is 1. The van der Waals surface area contributed by atoms with Gasteiger partial charge in [0.2, 0.25) is 0 Å². The molecule has 1 unspecified atom stereocenters. The van der Waals surface area contributed by atoms with E-state index < -0.39 is 5.60 Å². The highest BCUT2D eigenvalue weighted by Crippen LogP contribution is 2.21. The lowest BCUT2D eigenvalue weighted by Gasteiger charge is -2.36. The number of nitrogen functional groups attached to an aromatic ring is 1. The highest BCUT2D eigenvalue weighted by atomic mass is 16.3. The van der Waals surface area contributed by atoms with Crippen molar-refractivity contribution in [2.45, 2.75) is 31.9 Å². The molecule has 1 atom stereocenters. The van der Waals surface area contributed by atoms with Gasteiger partial charge in [-0.05, 0) is 37.9 Å². The zero-order valence-electron chi connectivity index (χ0n) is 10.2. The predicted molar refractivity (Wildman–Crippen MR) is 67.2 cm³/mol. The molecule has 0 amide bonds. The minimum Gasteiger partial charge on any atom is -0.389 e. The molecular weight excluding hydrogens is 216 g/mol. The summed E-state index contributed by atoms with van der Waals surface area (Å²) < 4.78 is 0. The Morgan fingerprint density at radius 1 is 1.59 bits per heavy atom. The van der Waals surface area contributed by atoms with Crippen molar-refractivity contribution in [3.63, 3.8) is 0 Å². The van der Waals surface area contributed by atoms with Gasteiger partial charge in [0.1, 0.15) is 5.82 Å². The molecule has 5 heteroatoms. The molecule has 0 radical (unpaired) electrons. The summed E-state index contributed by atoms with van der Waals surface area (Å²) in [7, 11) is 0. The Balaban J connectivity index is 1.95. The molecular formula is C12H20N4O. The van der Waals surface area contributed by atoms with E-state index in [0.717, 1.165) is 38.0 Å². The first-order valence-corrected chi connectivity index (χ1v) is 5.95. The number of hydrogen-bond donors (Lipinski definition) is 3. The van der Waals surface area contributed by atoms with E-state index in [1.54, 1.807) is 0 Å². The van der Waals surface area contributed by atoms with Gasteiger partial charge in [0.05, 0.1) is 5.60 Å². The van der Waals surface area contributed by atoms with E-state index >= 15 is 0 Å². The van der Waals surface area contributed by atoms with Crippen LogP contribution in [0.1, 0.15) is 25.3 Å². The monoisotopic (exact) mass is 236 g/mol. The van der Waals surface area contributed by atoms with Crippen molar-refractivity contribution in [3.8, 4) is 0 Å². The second kappa shape index (κ2) is 5.00. The fourth-order valence-corrected chi connectivity index (χ4v) is 2.32. The molecule has 2 rings (SSSR count). The number of β-amino-alcohol motifs (C(OH)–C–C–N with tert-alkyl or cyclic N) is 1. The normalized spacial score (nSPS) is 25.8. The number of hydrogen-bond acceptors (Lipinski definition) is 5. The number of anilines is 1. The number of nitrogens with two attached hydrogens (primary N) is 1. The van der Waals surface area contributed by atoms with Gasteiger partial charge < -0.3 is 10.5 Å². The molecule has 0 aromatic carbocycles. The Labute approximate surface area is 102 Å². The smallest absolute Gasteiger partial charge is 0.139 e. The molecule has 4 N–H and O–H groups in total. The zero-order chi connectivity index (χ0) is 12.3. The van der Waals surface area contributed by atoms with Crippen molar-refractivity contribution < 1.29 is 5.11 Å². The van der Waals surface area contributed by atoms with Crippen LogP contribution in [0.5, 0.6) is 0 Å². The molecule has 1 aliphatic rings. The molecule has 0 saturated carbocycles. The van der Waals surface area contributed by atoms with Gasteiger partial charge in [-0.3, -0.25) is 4.90 Å². The van der Waals surface area contributed by atoms with Crippen LogP contribution in [-0.2, 0) is 6.54 Å². The predicted octanol–water partition coefficient (Wildman–Crippen LogP) is 0.714. The number of hydrazine groups is 1. The maximum absolute atomic E-state index is 10.0. The number of nitrogens with zero attached hydrogens (tertiary/aromatic N) is 2. The third-order valence-electron chi connectivity index (χ3n) is 3.13. The number of aromatic nitrogens is 1. The zero-order valence-corrected chi connectivity index (χ0v) is 10.2. The van der Waals surface area contributed by atoms with Crippen LogP contribution in [0.25, 0.3) is 0 Å². The second-order valence-corrected chi connectivity index (χ2v) is 5.01. The van der Waals surface area contributed by atoms with Crippen LogP contribution < -0.4 is 11.3 Å². The van der Waals surface area contributed by atoms with Gasteiger partial charge in [-0.25, -0.2) is 10.8 Å². The molecule has 1 aromatic heterocycles. The maximum Gasteiger partial charge on any atom is 0.139 e. The number of nitrogens with one attached hydrogen (secondary N) is 1. The second-order valence-electron chi connectivity index (χ2n) is 5.01. The lowest BCUT2D eigenvalue weighted by atomic mass is 9.95. The minimum atomic E-state index is -0.551. The molecule has 94 valence electrons. The Bertz CT molecular complexity index is 363. The van der Waals surface area contributed by atoms with Gasteiger partial charge in [-0.1, -0.05) is 6.07 Å². The SMILES string of the molecule is CC1(O)CCCN(Cc2ccc(NN)nc2)C1. The van der Waals surface area contributed by atoms with Crippen LogP contribution in [0.2, 0.25) is 0 Å². The third-order valence-corrected chi connectivity index (χ3v) is 3.13. The summed E-state index contributed by atoms with van der Waals surface area (Å²) in [6, 6.07) is 3.86. The molecule has 0 bridgehead atoms. The van der Waals surface area contributed by atoms with E-state index in [0.29, 0.717) is 5.82 Å². The molecule has 5 nitrogen and oxygen atoms in total. The van der Waals surface area contributed by atoms with Crippen LogP contribution in [0.3, 0.4) is 0 Å². The number of rotatable bonds is 3. The van der Waals surface area contributed by atoms with Crippen molar-refractivity contribution in [2.24, 2.45) is 5.84 Å². The van der Waals surface area contributed by atoms with Crippen molar-refractivity contribution in [1.82, 2.24) is 9.88 Å². The Kier molecular flexibility index (Phi) is 3.61. The van der Waals surface area contributed by atoms with Crippen molar-refractivity contribution in [3.05, 3.63) is 23.9 Å². The molecule has 1 aromatic rings. The summed E-state index contributed by atoms with van der Waals surface area (Å²) in [5.41, 5.74) is 3.10. The quantitative estimate of drug-likeness (QED) is 0.532. The Morgan fingerprint density at radius 3 is 3.00 bits per heavy atom. The van der Waals surface area contributed by atoms with Gasteiger partial charge >= 0.3 is 0 Å². The molecule has 17 heavy (non-hydrogen) atoms. The molecule has 0 spiro atoms. The lowest BCUT2D eigenvalue weighted by molar-refractivity contribution is -0.0181. The Morgan fingerprint density at radius 2 is 2.41 bits per heavy atom. The molecule has 1 saturated heterocycles. The first kappa shape index (κ1) is 12.3. The van der Waals surface area contributed by atoms with Crippen molar-refractivity contribution >= 4 is 5.82 Å². The van der Waals surface area contributed by atoms with Crippen LogP contribution in [0.15, 0.2) is 18.3 Å². The molecule has 1 fully saturated rings. The lowest BCUT2D eigenvalue weighted by Crippen LogP contribution is -2.45. The van der Waals surface area contributed by atoms with E-state index in [1.807, 2.05) is 25.3 Å². The van der Waals surface area contributed by atoms with Gasteiger partial charge in [-0.15, -0.1) is 0 Å². The first-order chi connectivity index (χ1) is 8.09. The van der Waals surface area contributed by atoms with Crippen LogP contribution in [0.4, 0.5) is 5.82 Å². The highest BCUT2D eigenvalue weighted by Gasteiger charge is 2.28. The van der Waals surface area contributed by atoms with E-state index in [9.17, 15) is 5.11 Å². The van der Waals surface area contributed by atoms with Gasteiger partial charge in [0.15, 0.2) is 0 Å². The van der Waals surface area contributed by atoms with Gasteiger partial charge in [-0.2, -0.15) is 0 Å². The fraction of sp³-hybridized carbons (Fsp3) is 0.583. The Hall–Kier alpha value is -1.17. The standard InChI is InChI=1S/C12H20N4O/c1-12(17)5-2-6-16(9-12)8-10-3-4-11(15-13)14-7-10/h3-4,7,17H,2,5-6,8-9,13H2,1H3,(H,14,15). The topological polar surface area (TPSA) is 74.4 Å². The molecule has 2 heterocycles. The van der Waals surface area contributed by atoms with E-state index in [1.165, 1.54) is 0 Å². The highest BCUT2D eigenvalue weighted by molar-refractivity contribution is 5.33. The summed E-state index contributed by atoms with van der Waals surface area (Å²) >= 11 is 0. The van der Waals surface area contributed by atoms with Gasteiger partial charge in [0.25, 0.3) is 0 Å². The molecule has 1 aliphatic heterocycles. The van der Waals surface area contributed by atoms with E-state index in [-0.39, 0.29) is 0 Å². The summed E-state index contributed by atoms with van der Waals surface area (Å²) in [6.45, 7) is 4.49. The fourth-order valence-electron chi connectivity index (χ4n) is 2.32.